The molecule has 1 aromatic heterocycles. The molecule has 0 radical (unpaired) electrons. The second kappa shape index (κ2) is 4.54. The fourth-order valence-corrected chi connectivity index (χ4v) is 2.72. The van der Waals surface area contributed by atoms with Crippen molar-refractivity contribution in [1.29, 1.82) is 0 Å². The number of sulfonamides is 1. The SMILES string of the molecule is COC(=O)CNS(=O)(=O)c1cccs1. The fraction of sp³-hybridized carbons (Fsp3) is 0.286. The van der Waals surface area contributed by atoms with Crippen LogP contribution in [0.2, 0.25) is 0 Å². The van der Waals surface area contributed by atoms with E-state index in [0.29, 0.717) is 0 Å². The molecule has 7 heteroatoms. The van der Waals surface area contributed by atoms with E-state index in [-0.39, 0.29) is 10.8 Å². The van der Waals surface area contributed by atoms with Gasteiger partial charge >= 0.3 is 5.97 Å². The first-order valence-corrected chi connectivity index (χ1v) is 6.02. The fourth-order valence-electron chi connectivity index (χ4n) is 0.714. The number of carbonyl (C=O) groups excluding carboxylic acids is 1. The second-order valence-corrected chi connectivity index (χ2v) is 5.27. The molecule has 0 aliphatic heterocycles. The van der Waals surface area contributed by atoms with Crippen LogP contribution >= 0.6 is 11.3 Å². The van der Waals surface area contributed by atoms with Crippen LogP contribution in [0, 0.1) is 0 Å². The van der Waals surface area contributed by atoms with Crippen LogP contribution in [0.15, 0.2) is 21.7 Å². The third-order valence-electron chi connectivity index (χ3n) is 1.39. The highest BCUT2D eigenvalue weighted by Crippen LogP contribution is 2.14. The summed E-state index contributed by atoms with van der Waals surface area (Å²) in [6, 6.07) is 3.08. The van der Waals surface area contributed by atoms with Crippen molar-refractivity contribution in [2.24, 2.45) is 0 Å². The van der Waals surface area contributed by atoms with Gasteiger partial charge in [0.1, 0.15) is 10.8 Å². The predicted octanol–water partition coefficient (Wildman–Crippen LogP) is 0.199. The van der Waals surface area contributed by atoms with E-state index in [1.807, 2.05) is 0 Å². The summed E-state index contributed by atoms with van der Waals surface area (Å²) in [5.74, 6) is -0.620. The minimum Gasteiger partial charge on any atom is -0.468 e. The van der Waals surface area contributed by atoms with E-state index in [1.54, 1.807) is 11.4 Å². The van der Waals surface area contributed by atoms with Crippen molar-refractivity contribution in [2.75, 3.05) is 13.7 Å². The lowest BCUT2D eigenvalue weighted by molar-refractivity contribution is -0.139. The highest BCUT2D eigenvalue weighted by Gasteiger charge is 2.15. The summed E-state index contributed by atoms with van der Waals surface area (Å²) in [6.07, 6.45) is 0. The molecule has 0 amide bonds. The summed E-state index contributed by atoms with van der Waals surface area (Å²) < 4.78 is 29.4. The quantitative estimate of drug-likeness (QED) is 0.757. The number of methoxy groups -OCH3 is 1. The van der Waals surface area contributed by atoms with Crippen LogP contribution in [0.1, 0.15) is 0 Å². The average molecular weight is 235 g/mol. The zero-order chi connectivity index (χ0) is 10.6. The van der Waals surface area contributed by atoms with Crippen LogP contribution in [0.5, 0.6) is 0 Å². The molecule has 0 aromatic carbocycles. The van der Waals surface area contributed by atoms with Gasteiger partial charge in [-0.3, -0.25) is 4.79 Å². The highest BCUT2D eigenvalue weighted by molar-refractivity contribution is 7.91. The maximum absolute atomic E-state index is 11.4. The molecular formula is C7H9NO4S2. The molecule has 1 heterocycles. The molecule has 1 aromatic rings. The molecule has 0 unspecified atom stereocenters. The molecule has 0 saturated carbocycles. The topological polar surface area (TPSA) is 72.5 Å². The molecule has 5 nitrogen and oxygen atoms in total. The first-order valence-electron chi connectivity index (χ1n) is 3.66. The van der Waals surface area contributed by atoms with Gasteiger partial charge < -0.3 is 4.74 Å². The Balaban J connectivity index is 2.65. The lowest BCUT2D eigenvalue weighted by atomic mass is 10.7. The van der Waals surface area contributed by atoms with Gasteiger partial charge in [-0.25, -0.2) is 8.42 Å². The van der Waals surface area contributed by atoms with Gasteiger partial charge in [-0.05, 0) is 11.4 Å². The van der Waals surface area contributed by atoms with Crippen LogP contribution < -0.4 is 4.72 Å². The molecular weight excluding hydrogens is 226 g/mol. The molecule has 14 heavy (non-hydrogen) atoms. The van der Waals surface area contributed by atoms with E-state index >= 15 is 0 Å². The molecule has 1 N–H and O–H groups in total. The monoisotopic (exact) mass is 235 g/mol. The van der Waals surface area contributed by atoms with Gasteiger partial charge in [0.15, 0.2) is 0 Å². The van der Waals surface area contributed by atoms with Gasteiger partial charge in [0.25, 0.3) is 10.0 Å². The third-order valence-corrected chi connectivity index (χ3v) is 4.19. The van der Waals surface area contributed by atoms with E-state index in [0.717, 1.165) is 11.3 Å². The summed E-state index contributed by atoms with van der Waals surface area (Å²) >= 11 is 1.09. The standard InChI is InChI=1S/C7H9NO4S2/c1-12-6(9)5-8-14(10,11)7-3-2-4-13-7/h2-4,8H,5H2,1H3. The maximum Gasteiger partial charge on any atom is 0.320 e. The number of carbonyl (C=O) groups is 1. The normalized spacial score (nSPS) is 11.2. The summed E-state index contributed by atoms with van der Waals surface area (Å²) in [7, 11) is -2.36. The molecule has 0 saturated heterocycles. The summed E-state index contributed by atoms with van der Waals surface area (Å²) in [5.41, 5.74) is 0. The van der Waals surface area contributed by atoms with Crippen molar-refractivity contribution >= 4 is 27.3 Å². The van der Waals surface area contributed by atoms with E-state index in [4.69, 9.17) is 0 Å². The molecule has 0 bridgehead atoms. The van der Waals surface area contributed by atoms with Crippen LogP contribution in [-0.4, -0.2) is 28.0 Å². The molecule has 0 aliphatic carbocycles. The van der Waals surface area contributed by atoms with Gasteiger partial charge in [0, 0.05) is 0 Å². The third kappa shape index (κ3) is 2.79. The maximum atomic E-state index is 11.4. The van der Waals surface area contributed by atoms with E-state index < -0.39 is 16.0 Å². The van der Waals surface area contributed by atoms with Gasteiger partial charge in [-0.1, -0.05) is 6.07 Å². The molecule has 0 aliphatic rings. The Morgan fingerprint density at radius 3 is 2.86 bits per heavy atom. The lowest BCUT2D eigenvalue weighted by Crippen LogP contribution is -2.29. The van der Waals surface area contributed by atoms with Crippen molar-refractivity contribution in [3.63, 3.8) is 0 Å². The Bertz CT molecular complexity index is 395. The summed E-state index contributed by atoms with van der Waals surface area (Å²) in [6.45, 7) is -0.350. The molecule has 78 valence electrons. The Morgan fingerprint density at radius 1 is 1.64 bits per heavy atom. The lowest BCUT2D eigenvalue weighted by Gasteiger charge is -2.02. The van der Waals surface area contributed by atoms with Gasteiger partial charge in [-0.2, -0.15) is 4.72 Å². The van der Waals surface area contributed by atoms with Crippen LogP contribution in [-0.2, 0) is 19.6 Å². The van der Waals surface area contributed by atoms with Crippen molar-refractivity contribution in [2.45, 2.75) is 4.21 Å². The number of esters is 1. The van der Waals surface area contributed by atoms with E-state index in [2.05, 4.69) is 9.46 Å². The Hall–Kier alpha value is -0.920. The van der Waals surface area contributed by atoms with E-state index in [1.165, 1.54) is 13.2 Å². The Kier molecular flexibility index (Phi) is 3.62. The molecule has 1 rings (SSSR count). The summed E-state index contributed by atoms with van der Waals surface area (Å²) in [4.78, 5) is 10.7. The first kappa shape index (κ1) is 11.2. The molecule has 0 atom stereocenters. The smallest absolute Gasteiger partial charge is 0.320 e. The van der Waals surface area contributed by atoms with Crippen molar-refractivity contribution < 1.29 is 17.9 Å². The number of rotatable bonds is 4. The van der Waals surface area contributed by atoms with Crippen LogP contribution in [0.3, 0.4) is 0 Å². The Morgan fingerprint density at radius 2 is 2.36 bits per heavy atom. The summed E-state index contributed by atoms with van der Waals surface area (Å²) in [5, 5.41) is 1.65. The average Bonchev–Trinajstić information content (AvgIpc) is 2.67. The number of hydrogen-bond donors (Lipinski definition) is 1. The molecule has 0 fully saturated rings. The molecule has 0 spiro atoms. The van der Waals surface area contributed by atoms with Crippen LogP contribution in [0.25, 0.3) is 0 Å². The minimum atomic E-state index is -3.55. The van der Waals surface area contributed by atoms with E-state index in [9.17, 15) is 13.2 Å². The largest absolute Gasteiger partial charge is 0.468 e. The van der Waals surface area contributed by atoms with Crippen LogP contribution in [0.4, 0.5) is 0 Å². The number of thiophene rings is 1. The number of hydrogen-bond acceptors (Lipinski definition) is 5. The Labute approximate surface area is 85.8 Å². The van der Waals surface area contributed by atoms with Gasteiger partial charge in [-0.15, -0.1) is 11.3 Å². The first-order chi connectivity index (χ1) is 6.56. The number of ether oxygens (including phenoxy) is 1. The zero-order valence-corrected chi connectivity index (χ0v) is 9.02. The minimum absolute atomic E-state index is 0.182. The van der Waals surface area contributed by atoms with Crippen molar-refractivity contribution in [3.8, 4) is 0 Å². The van der Waals surface area contributed by atoms with Crippen molar-refractivity contribution in [1.82, 2.24) is 4.72 Å². The van der Waals surface area contributed by atoms with Crippen molar-refractivity contribution in [3.05, 3.63) is 17.5 Å². The van der Waals surface area contributed by atoms with Gasteiger partial charge in [0.2, 0.25) is 0 Å². The predicted molar refractivity (Wildman–Crippen MR) is 51.5 cm³/mol. The zero-order valence-electron chi connectivity index (χ0n) is 7.39. The second-order valence-electron chi connectivity index (χ2n) is 2.33. The van der Waals surface area contributed by atoms with Gasteiger partial charge in [0.05, 0.1) is 7.11 Å². The highest BCUT2D eigenvalue weighted by atomic mass is 32.2. The number of nitrogens with one attached hydrogen (secondary N) is 1.